The van der Waals surface area contributed by atoms with Crippen LogP contribution < -0.4 is 10.1 Å². The molecule has 1 aromatic rings. The number of nitrogens with one attached hydrogen (secondary N) is 1. The predicted molar refractivity (Wildman–Crippen MR) is 69.1 cm³/mol. The summed E-state index contributed by atoms with van der Waals surface area (Å²) in [7, 11) is 1.72. The summed E-state index contributed by atoms with van der Waals surface area (Å²) < 4.78 is 5.27. The van der Waals surface area contributed by atoms with Crippen LogP contribution in [-0.2, 0) is 0 Å². The summed E-state index contributed by atoms with van der Waals surface area (Å²) in [5, 5.41) is 3.42. The fourth-order valence-electron chi connectivity index (χ4n) is 1.91. The van der Waals surface area contributed by atoms with Crippen LogP contribution in [0.3, 0.4) is 0 Å². The van der Waals surface area contributed by atoms with Gasteiger partial charge in [-0.1, -0.05) is 32.9 Å². The quantitative estimate of drug-likeness (QED) is 0.797. The lowest BCUT2D eigenvalue weighted by Crippen LogP contribution is -2.24. The van der Waals surface area contributed by atoms with Crippen molar-refractivity contribution in [1.29, 1.82) is 0 Å². The molecule has 1 rings (SSSR count). The number of rotatable bonds is 6. The molecule has 1 aromatic carbocycles. The zero-order valence-electron chi connectivity index (χ0n) is 10.8. The molecule has 2 heteroatoms. The molecule has 0 amide bonds. The Morgan fingerprint density at radius 1 is 1.31 bits per heavy atom. The Morgan fingerprint density at radius 3 is 2.62 bits per heavy atom. The maximum atomic E-state index is 5.27. The first-order chi connectivity index (χ1) is 7.69. The van der Waals surface area contributed by atoms with E-state index in [0.29, 0.717) is 11.8 Å². The van der Waals surface area contributed by atoms with E-state index < -0.39 is 0 Å². The average Bonchev–Trinajstić information content (AvgIpc) is 2.29. The van der Waals surface area contributed by atoms with E-state index in [0.717, 1.165) is 18.8 Å². The normalized spacial score (nSPS) is 12.8. The van der Waals surface area contributed by atoms with Crippen molar-refractivity contribution in [3.05, 3.63) is 29.8 Å². The largest absolute Gasteiger partial charge is 0.497 e. The molecule has 1 atom stereocenters. The van der Waals surface area contributed by atoms with Crippen molar-refractivity contribution in [2.75, 3.05) is 20.2 Å². The first kappa shape index (κ1) is 13.0. The number of ether oxygens (including phenoxy) is 1. The number of methoxy groups -OCH3 is 1. The van der Waals surface area contributed by atoms with Gasteiger partial charge in [-0.2, -0.15) is 0 Å². The van der Waals surface area contributed by atoms with Gasteiger partial charge >= 0.3 is 0 Å². The van der Waals surface area contributed by atoms with Crippen molar-refractivity contribution in [3.8, 4) is 5.75 Å². The van der Waals surface area contributed by atoms with Crippen LogP contribution in [-0.4, -0.2) is 20.2 Å². The number of hydrogen-bond acceptors (Lipinski definition) is 2. The van der Waals surface area contributed by atoms with Gasteiger partial charge in [0.05, 0.1) is 7.11 Å². The van der Waals surface area contributed by atoms with Crippen LogP contribution in [0, 0.1) is 5.92 Å². The Kier molecular flexibility index (Phi) is 5.33. The molecule has 2 nitrogen and oxygen atoms in total. The smallest absolute Gasteiger partial charge is 0.119 e. The fraction of sp³-hybridized carbons (Fsp3) is 0.571. The van der Waals surface area contributed by atoms with Gasteiger partial charge in [-0.05, 0) is 36.1 Å². The molecule has 0 aliphatic carbocycles. The highest BCUT2D eigenvalue weighted by Crippen LogP contribution is 2.26. The molecular formula is C14H23NO. The first-order valence-electron chi connectivity index (χ1n) is 6.03. The molecule has 16 heavy (non-hydrogen) atoms. The molecule has 0 bridgehead atoms. The second-order valence-corrected chi connectivity index (χ2v) is 4.43. The van der Waals surface area contributed by atoms with Crippen LogP contribution in [0.5, 0.6) is 5.75 Å². The van der Waals surface area contributed by atoms with E-state index in [1.165, 1.54) is 5.56 Å². The lowest BCUT2D eigenvalue weighted by Gasteiger charge is -2.22. The van der Waals surface area contributed by atoms with Crippen molar-refractivity contribution >= 4 is 0 Å². The van der Waals surface area contributed by atoms with Crippen molar-refractivity contribution in [2.45, 2.75) is 26.7 Å². The highest BCUT2D eigenvalue weighted by atomic mass is 16.5. The summed E-state index contributed by atoms with van der Waals surface area (Å²) in [6, 6.07) is 8.39. The van der Waals surface area contributed by atoms with E-state index in [4.69, 9.17) is 4.74 Å². The average molecular weight is 221 g/mol. The van der Waals surface area contributed by atoms with Crippen LogP contribution >= 0.6 is 0 Å². The molecule has 0 fully saturated rings. The third-order valence-corrected chi connectivity index (χ3v) is 2.94. The van der Waals surface area contributed by atoms with E-state index in [1.807, 2.05) is 6.07 Å². The predicted octanol–water partition coefficient (Wildman–Crippen LogP) is 3.04. The Morgan fingerprint density at radius 2 is 2.06 bits per heavy atom. The van der Waals surface area contributed by atoms with Crippen LogP contribution in [0.25, 0.3) is 0 Å². The van der Waals surface area contributed by atoms with E-state index >= 15 is 0 Å². The Hall–Kier alpha value is -1.02. The molecule has 90 valence electrons. The number of likely N-dealkylation sites (N-methyl/N-ethyl adjacent to an activating group) is 1. The minimum Gasteiger partial charge on any atom is -0.497 e. The maximum Gasteiger partial charge on any atom is 0.119 e. The zero-order valence-corrected chi connectivity index (χ0v) is 10.8. The molecule has 0 saturated heterocycles. The first-order valence-corrected chi connectivity index (χ1v) is 6.03. The van der Waals surface area contributed by atoms with E-state index in [1.54, 1.807) is 7.11 Å². The van der Waals surface area contributed by atoms with Crippen molar-refractivity contribution in [2.24, 2.45) is 5.92 Å². The zero-order chi connectivity index (χ0) is 12.0. The molecular weight excluding hydrogens is 198 g/mol. The minimum absolute atomic E-state index is 0.551. The van der Waals surface area contributed by atoms with Crippen LogP contribution in [0.15, 0.2) is 24.3 Å². The summed E-state index contributed by atoms with van der Waals surface area (Å²) in [6.45, 7) is 8.72. The van der Waals surface area contributed by atoms with Crippen LogP contribution in [0.1, 0.15) is 32.3 Å². The molecule has 0 radical (unpaired) electrons. The summed E-state index contributed by atoms with van der Waals surface area (Å²) in [4.78, 5) is 0. The van der Waals surface area contributed by atoms with E-state index in [2.05, 4.69) is 44.3 Å². The van der Waals surface area contributed by atoms with Crippen molar-refractivity contribution in [1.82, 2.24) is 5.32 Å². The third kappa shape index (κ3) is 3.53. The fourth-order valence-corrected chi connectivity index (χ4v) is 1.91. The Balaban J connectivity index is 2.82. The molecule has 0 saturated carbocycles. The van der Waals surface area contributed by atoms with Gasteiger partial charge in [-0.15, -0.1) is 0 Å². The lowest BCUT2D eigenvalue weighted by molar-refractivity contribution is 0.411. The van der Waals surface area contributed by atoms with Gasteiger partial charge in [0.1, 0.15) is 5.75 Å². The monoisotopic (exact) mass is 221 g/mol. The molecule has 0 spiro atoms. The van der Waals surface area contributed by atoms with Gasteiger partial charge < -0.3 is 10.1 Å². The minimum atomic E-state index is 0.551. The summed E-state index contributed by atoms with van der Waals surface area (Å²) in [5.74, 6) is 2.13. The van der Waals surface area contributed by atoms with E-state index in [-0.39, 0.29) is 0 Å². The SMILES string of the molecule is CCNCC(c1cccc(OC)c1)C(C)C. The topological polar surface area (TPSA) is 21.3 Å². The van der Waals surface area contributed by atoms with Crippen LogP contribution in [0.2, 0.25) is 0 Å². The molecule has 0 heterocycles. The number of benzene rings is 1. The maximum absolute atomic E-state index is 5.27. The second kappa shape index (κ2) is 6.54. The van der Waals surface area contributed by atoms with Crippen molar-refractivity contribution < 1.29 is 4.74 Å². The van der Waals surface area contributed by atoms with Gasteiger partial charge in [0.2, 0.25) is 0 Å². The standard InChI is InChI=1S/C14H23NO/c1-5-15-10-14(11(2)3)12-7-6-8-13(9-12)16-4/h6-9,11,14-15H,5,10H2,1-4H3. The third-order valence-electron chi connectivity index (χ3n) is 2.94. The molecule has 0 aliphatic rings. The Bertz CT molecular complexity index is 309. The van der Waals surface area contributed by atoms with Crippen molar-refractivity contribution in [3.63, 3.8) is 0 Å². The van der Waals surface area contributed by atoms with Gasteiger partial charge in [-0.25, -0.2) is 0 Å². The molecule has 0 aromatic heterocycles. The lowest BCUT2D eigenvalue weighted by atomic mass is 9.88. The van der Waals surface area contributed by atoms with Gasteiger partial charge in [0, 0.05) is 6.54 Å². The summed E-state index contributed by atoms with van der Waals surface area (Å²) in [6.07, 6.45) is 0. The highest BCUT2D eigenvalue weighted by Gasteiger charge is 2.15. The Labute approximate surface area is 99.0 Å². The number of hydrogen-bond donors (Lipinski definition) is 1. The van der Waals surface area contributed by atoms with E-state index in [9.17, 15) is 0 Å². The summed E-state index contributed by atoms with van der Waals surface area (Å²) >= 11 is 0. The molecule has 0 aliphatic heterocycles. The van der Waals surface area contributed by atoms with Gasteiger partial charge in [0.25, 0.3) is 0 Å². The molecule has 1 unspecified atom stereocenters. The highest BCUT2D eigenvalue weighted by molar-refractivity contribution is 5.31. The second-order valence-electron chi connectivity index (χ2n) is 4.43. The molecule has 1 N–H and O–H groups in total. The summed E-state index contributed by atoms with van der Waals surface area (Å²) in [5.41, 5.74) is 1.36. The van der Waals surface area contributed by atoms with Gasteiger partial charge in [0.15, 0.2) is 0 Å². The van der Waals surface area contributed by atoms with Gasteiger partial charge in [-0.3, -0.25) is 0 Å². The van der Waals surface area contributed by atoms with Crippen LogP contribution in [0.4, 0.5) is 0 Å².